The fourth-order valence-corrected chi connectivity index (χ4v) is 3.51. The molecule has 2 atom stereocenters. The first-order valence-corrected chi connectivity index (χ1v) is 12.5. The second kappa shape index (κ2) is 19.1. The summed E-state index contributed by atoms with van der Waals surface area (Å²) in [7, 11) is -4.26. The topological polar surface area (TPSA) is 102 Å². The van der Waals surface area contributed by atoms with Gasteiger partial charge in [-0.2, -0.15) is 0 Å². The number of phosphoric ester groups is 1. The van der Waals surface area contributed by atoms with E-state index in [1.807, 2.05) is 0 Å². The van der Waals surface area contributed by atoms with E-state index in [1.165, 1.54) is 64.2 Å². The van der Waals surface area contributed by atoms with Crippen molar-refractivity contribution in [1.29, 1.82) is 0 Å². The number of aliphatic hydroxyl groups is 1. The van der Waals surface area contributed by atoms with Crippen molar-refractivity contribution < 1.29 is 33.1 Å². The van der Waals surface area contributed by atoms with Gasteiger partial charge >= 0.3 is 13.8 Å². The SMILES string of the molecule is C=COP(=O)(O)OCC(O)COC(=O)CCCCCCCCCCCCCCC. The van der Waals surface area contributed by atoms with Gasteiger partial charge in [0, 0.05) is 6.42 Å². The number of ether oxygens (including phenoxy) is 1. The third kappa shape index (κ3) is 20.2. The summed E-state index contributed by atoms with van der Waals surface area (Å²) in [5, 5.41) is 9.60. The van der Waals surface area contributed by atoms with Crippen LogP contribution in [0.25, 0.3) is 0 Å². The highest BCUT2D eigenvalue weighted by molar-refractivity contribution is 7.47. The Morgan fingerprint density at radius 3 is 1.90 bits per heavy atom. The molecule has 0 bridgehead atoms. The number of phosphoric acid groups is 1. The van der Waals surface area contributed by atoms with E-state index >= 15 is 0 Å². The molecular weight excluding hydrogens is 395 g/mol. The second-order valence-electron chi connectivity index (χ2n) is 7.37. The van der Waals surface area contributed by atoms with Crippen LogP contribution in [0, 0.1) is 0 Å². The molecule has 0 aliphatic carbocycles. The summed E-state index contributed by atoms with van der Waals surface area (Å²) >= 11 is 0. The Morgan fingerprint density at radius 1 is 0.931 bits per heavy atom. The summed E-state index contributed by atoms with van der Waals surface area (Å²) < 4.78 is 25.0. The molecule has 0 aromatic carbocycles. The van der Waals surface area contributed by atoms with Crippen molar-refractivity contribution in [3.8, 4) is 0 Å². The van der Waals surface area contributed by atoms with Gasteiger partial charge in [0.15, 0.2) is 0 Å². The Morgan fingerprint density at radius 2 is 1.41 bits per heavy atom. The van der Waals surface area contributed by atoms with Crippen LogP contribution in [0.4, 0.5) is 0 Å². The summed E-state index contributed by atoms with van der Waals surface area (Å²) in [6.07, 6.45) is 16.0. The van der Waals surface area contributed by atoms with Gasteiger partial charge in [0.1, 0.15) is 12.7 Å². The Labute approximate surface area is 176 Å². The normalized spacial score (nSPS) is 14.2. The molecule has 172 valence electrons. The number of aliphatic hydroxyl groups excluding tert-OH is 1. The zero-order valence-corrected chi connectivity index (χ0v) is 19.0. The Kier molecular flexibility index (Phi) is 18.5. The molecule has 0 aliphatic rings. The van der Waals surface area contributed by atoms with Gasteiger partial charge in [-0.05, 0) is 6.42 Å². The van der Waals surface area contributed by atoms with Gasteiger partial charge < -0.3 is 14.4 Å². The molecule has 0 fully saturated rings. The van der Waals surface area contributed by atoms with E-state index in [9.17, 15) is 14.5 Å². The minimum atomic E-state index is -4.26. The molecule has 0 radical (unpaired) electrons. The lowest BCUT2D eigenvalue weighted by atomic mass is 10.0. The minimum Gasteiger partial charge on any atom is -0.463 e. The molecule has 2 unspecified atom stereocenters. The van der Waals surface area contributed by atoms with Crippen molar-refractivity contribution in [3.05, 3.63) is 12.8 Å². The number of hydrogen-bond donors (Lipinski definition) is 2. The first-order valence-electron chi connectivity index (χ1n) is 11.0. The van der Waals surface area contributed by atoms with E-state index in [1.54, 1.807) is 0 Å². The van der Waals surface area contributed by atoms with Crippen molar-refractivity contribution in [1.82, 2.24) is 0 Å². The van der Waals surface area contributed by atoms with Crippen LogP contribution < -0.4 is 0 Å². The molecule has 0 aromatic rings. The predicted octanol–water partition coefficient (Wildman–Crippen LogP) is 5.65. The van der Waals surface area contributed by atoms with E-state index in [2.05, 4.69) is 22.6 Å². The second-order valence-corrected chi connectivity index (χ2v) is 8.77. The molecule has 0 amide bonds. The smallest absolute Gasteiger partial charge is 0.463 e. The third-order valence-corrected chi connectivity index (χ3v) is 5.45. The molecule has 0 saturated heterocycles. The van der Waals surface area contributed by atoms with Crippen LogP contribution in [0.5, 0.6) is 0 Å². The largest absolute Gasteiger partial charge is 0.526 e. The minimum absolute atomic E-state index is 0.286. The highest BCUT2D eigenvalue weighted by Crippen LogP contribution is 2.43. The fraction of sp³-hybridized carbons (Fsp3) is 0.857. The standard InChI is InChI=1S/C21H41O7P/c1-3-5-6-7-8-9-10-11-12-13-14-15-16-17-21(23)26-18-20(22)19-28-29(24,25)27-4-2/h4,20,22H,2-3,5-19H2,1H3,(H,24,25). The summed E-state index contributed by atoms with van der Waals surface area (Å²) in [6, 6.07) is 0. The first kappa shape index (κ1) is 28.1. The molecule has 8 heteroatoms. The van der Waals surface area contributed by atoms with Gasteiger partial charge in [0.25, 0.3) is 0 Å². The zero-order valence-electron chi connectivity index (χ0n) is 18.1. The predicted molar refractivity (Wildman–Crippen MR) is 114 cm³/mol. The highest BCUT2D eigenvalue weighted by atomic mass is 31.2. The van der Waals surface area contributed by atoms with Crippen LogP contribution in [0.2, 0.25) is 0 Å². The molecule has 0 aromatic heterocycles. The summed E-state index contributed by atoms with van der Waals surface area (Å²) in [4.78, 5) is 20.8. The lowest BCUT2D eigenvalue weighted by Crippen LogP contribution is -2.23. The summed E-state index contributed by atoms with van der Waals surface area (Å²) in [5.41, 5.74) is 0. The molecular formula is C21H41O7P. The third-order valence-electron chi connectivity index (χ3n) is 4.56. The average molecular weight is 437 g/mol. The number of esters is 1. The van der Waals surface area contributed by atoms with Gasteiger partial charge in [0.2, 0.25) is 0 Å². The number of hydrogen-bond acceptors (Lipinski definition) is 6. The highest BCUT2D eigenvalue weighted by Gasteiger charge is 2.22. The number of carbonyl (C=O) groups is 1. The van der Waals surface area contributed by atoms with Crippen molar-refractivity contribution >= 4 is 13.8 Å². The fourth-order valence-electron chi connectivity index (χ4n) is 2.90. The van der Waals surface area contributed by atoms with Crippen LogP contribution in [0.15, 0.2) is 12.8 Å². The lowest BCUT2D eigenvalue weighted by molar-refractivity contribution is -0.147. The maximum atomic E-state index is 11.6. The molecule has 0 saturated carbocycles. The van der Waals surface area contributed by atoms with Gasteiger partial charge in [-0.25, -0.2) is 4.57 Å². The van der Waals surface area contributed by atoms with E-state index in [0.29, 0.717) is 6.42 Å². The van der Waals surface area contributed by atoms with Gasteiger partial charge in [-0.15, -0.1) is 0 Å². The van der Waals surface area contributed by atoms with Crippen LogP contribution in [0.3, 0.4) is 0 Å². The van der Waals surface area contributed by atoms with Gasteiger partial charge in [-0.3, -0.25) is 14.2 Å². The molecule has 29 heavy (non-hydrogen) atoms. The van der Waals surface area contributed by atoms with Crippen LogP contribution in [0.1, 0.15) is 96.8 Å². The van der Waals surface area contributed by atoms with Gasteiger partial charge in [-0.1, -0.05) is 90.6 Å². The Hall–Kier alpha value is -0.880. The summed E-state index contributed by atoms with van der Waals surface area (Å²) in [6.45, 7) is 4.62. The molecule has 0 rings (SSSR count). The van der Waals surface area contributed by atoms with Crippen molar-refractivity contribution in [3.63, 3.8) is 0 Å². The molecule has 2 N–H and O–H groups in total. The van der Waals surface area contributed by atoms with Gasteiger partial charge in [0.05, 0.1) is 12.9 Å². The van der Waals surface area contributed by atoms with E-state index < -0.39 is 20.5 Å². The van der Waals surface area contributed by atoms with E-state index in [0.717, 1.165) is 25.5 Å². The van der Waals surface area contributed by atoms with Crippen molar-refractivity contribution in [2.24, 2.45) is 0 Å². The average Bonchev–Trinajstić information content (AvgIpc) is 2.68. The first-order chi connectivity index (χ1) is 13.9. The van der Waals surface area contributed by atoms with Crippen LogP contribution in [-0.2, 0) is 23.1 Å². The monoisotopic (exact) mass is 436 g/mol. The quantitative estimate of drug-likeness (QED) is 0.104. The van der Waals surface area contributed by atoms with E-state index in [4.69, 9.17) is 9.63 Å². The molecule has 0 aliphatic heterocycles. The van der Waals surface area contributed by atoms with Crippen molar-refractivity contribution in [2.75, 3.05) is 13.2 Å². The Bertz CT molecular complexity index is 456. The molecule has 0 heterocycles. The Balaban J connectivity index is 3.43. The zero-order chi connectivity index (χ0) is 21.8. The summed E-state index contributed by atoms with van der Waals surface area (Å²) in [5.74, 6) is -0.387. The number of rotatable bonds is 21. The lowest BCUT2D eigenvalue weighted by Gasteiger charge is -2.14. The van der Waals surface area contributed by atoms with Crippen molar-refractivity contribution in [2.45, 2.75) is 103 Å². The molecule has 7 nitrogen and oxygen atoms in total. The molecule has 0 spiro atoms. The van der Waals surface area contributed by atoms with Crippen LogP contribution in [-0.4, -0.2) is 35.3 Å². The number of carbonyl (C=O) groups excluding carboxylic acids is 1. The maximum absolute atomic E-state index is 11.6. The number of unbranched alkanes of at least 4 members (excludes halogenated alkanes) is 12. The van der Waals surface area contributed by atoms with E-state index in [-0.39, 0.29) is 12.6 Å². The van der Waals surface area contributed by atoms with Crippen LogP contribution >= 0.6 is 7.82 Å². The maximum Gasteiger partial charge on any atom is 0.526 e.